The Labute approximate surface area is 197 Å². The summed E-state index contributed by atoms with van der Waals surface area (Å²) in [5.41, 5.74) is 1.75. The first-order valence-electron chi connectivity index (χ1n) is 9.96. The topological polar surface area (TPSA) is 91.3 Å². The maximum Gasteiger partial charge on any atom is 0.244 e. The van der Waals surface area contributed by atoms with Crippen molar-refractivity contribution in [3.05, 3.63) is 64.0 Å². The number of aromatic nitrogens is 3. The van der Waals surface area contributed by atoms with E-state index in [1.54, 1.807) is 13.1 Å². The number of nitrogens with one attached hydrogen (secondary N) is 1. The van der Waals surface area contributed by atoms with Crippen molar-refractivity contribution < 1.29 is 8.42 Å². The summed E-state index contributed by atoms with van der Waals surface area (Å²) < 4.78 is 27.7. The second kappa shape index (κ2) is 9.19. The third-order valence-corrected chi connectivity index (χ3v) is 7.99. The summed E-state index contributed by atoms with van der Waals surface area (Å²) >= 11 is 12.3. The largest absolute Gasteiger partial charge is 0.354 e. The van der Waals surface area contributed by atoms with Gasteiger partial charge >= 0.3 is 0 Å². The van der Waals surface area contributed by atoms with Crippen LogP contribution in [0.4, 0.5) is 17.5 Å². The quantitative estimate of drug-likeness (QED) is 0.574. The summed E-state index contributed by atoms with van der Waals surface area (Å²) in [6, 6.07) is 8.67. The number of hydrogen-bond acceptors (Lipinski definition) is 7. The molecule has 0 unspecified atom stereocenters. The fourth-order valence-electron chi connectivity index (χ4n) is 3.45. The smallest absolute Gasteiger partial charge is 0.244 e. The number of nitrogens with zero attached hydrogens (tertiary/aromatic N) is 5. The van der Waals surface area contributed by atoms with Crippen molar-refractivity contribution in [2.24, 2.45) is 0 Å². The minimum absolute atomic E-state index is 0.0775. The van der Waals surface area contributed by atoms with E-state index in [-0.39, 0.29) is 9.92 Å². The van der Waals surface area contributed by atoms with Crippen molar-refractivity contribution in [3.8, 4) is 0 Å². The summed E-state index contributed by atoms with van der Waals surface area (Å²) in [5, 5.41) is 3.74. The van der Waals surface area contributed by atoms with E-state index >= 15 is 0 Å². The van der Waals surface area contributed by atoms with Crippen molar-refractivity contribution in [1.29, 1.82) is 0 Å². The number of sulfonamides is 1. The summed E-state index contributed by atoms with van der Waals surface area (Å²) in [6.45, 7) is 5.34. The van der Waals surface area contributed by atoms with Crippen LogP contribution in [0.15, 0.2) is 47.8 Å². The van der Waals surface area contributed by atoms with Crippen LogP contribution in [0.5, 0.6) is 0 Å². The summed E-state index contributed by atoms with van der Waals surface area (Å²) in [4.78, 5) is 15.0. The molecule has 0 aliphatic carbocycles. The van der Waals surface area contributed by atoms with Gasteiger partial charge in [0.1, 0.15) is 28.7 Å². The number of piperazine rings is 1. The SMILES string of the molecule is Cc1ccnc(Nc2cc(N3CCN(S(=O)(=O)c4cc(C)c(Cl)cc4Cl)CC3)ncn2)c1. The van der Waals surface area contributed by atoms with Gasteiger partial charge in [0.05, 0.1) is 5.02 Å². The molecule has 4 rings (SSSR count). The lowest BCUT2D eigenvalue weighted by Crippen LogP contribution is -2.49. The Morgan fingerprint density at radius 1 is 0.906 bits per heavy atom. The Morgan fingerprint density at radius 2 is 1.62 bits per heavy atom. The van der Waals surface area contributed by atoms with Crippen LogP contribution in [-0.4, -0.2) is 53.9 Å². The summed E-state index contributed by atoms with van der Waals surface area (Å²) in [7, 11) is -3.73. The number of hydrogen-bond donors (Lipinski definition) is 1. The first-order valence-corrected chi connectivity index (χ1v) is 12.2. The fraction of sp³-hybridized carbons (Fsp3) is 0.286. The number of aryl methyl sites for hydroxylation is 2. The van der Waals surface area contributed by atoms with E-state index in [9.17, 15) is 8.42 Å². The van der Waals surface area contributed by atoms with Crippen LogP contribution in [-0.2, 0) is 10.0 Å². The predicted molar refractivity (Wildman–Crippen MR) is 126 cm³/mol. The molecule has 0 saturated carbocycles. The van der Waals surface area contributed by atoms with Crippen LogP contribution in [0, 0.1) is 13.8 Å². The van der Waals surface area contributed by atoms with Crippen molar-refractivity contribution >= 4 is 50.7 Å². The van der Waals surface area contributed by atoms with Crippen LogP contribution in [0.1, 0.15) is 11.1 Å². The van der Waals surface area contributed by atoms with Crippen LogP contribution in [0.25, 0.3) is 0 Å². The molecule has 1 aliphatic rings. The first-order chi connectivity index (χ1) is 15.2. The normalized spacial score (nSPS) is 15.1. The van der Waals surface area contributed by atoms with Crippen molar-refractivity contribution in [1.82, 2.24) is 19.3 Å². The zero-order chi connectivity index (χ0) is 22.9. The number of benzene rings is 1. The van der Waals surface area contributed by atoms with Gasteiger partial charge in [-0.3, -0.25) is 0 Å². The molecule has 3 heterocycles. The van der Waals surface area contributed by atoms with Gasteiger partial charge in [-0.15, -0.1) is 0 Å². The highest BCUT2D eigenvalue weighted by molar-refractivity contribution is 7.89. The number of rotatable bonds is 5. The van der Waals surface area contributed by atoms with Crippen LogP contribution < -0.4 is 10.2 Å². The van der Waals surface area contributed by atoms with Gasteiger partial charge in [0.2, 0.25) is 10.0 Å². The number of anilines is 3. The molecule has 2 aromatic heterocycles. The van der Waals surface area contributed by atoms with Gasteiger partial charge in [-0.2, -0.15) is 4.31 Å². The molecule has 1 N–H and O–H groups in total. The highest BCUT2D eigenvalue weighted by Gasteiger charge is 2.31. The van der Waals surface area contributed by atoms with Crippen LogP contribution in [0.2, 0.25) is 10.0 Å². The van der Waals surface area contributed by atoms with Crippen molar-refractivity contribution in [3.63, 3.8) is 0 Å². The molecule has 1 fully saturated rings. The Balaban J connectivity index is 1.46. The van der Waals surface area contributed by atoms with Gasteiger partial charge in [-0.1, -0.05) is 23.2 Å². The highest BCUT2D eigenvalue weighted by Crippen LogP contribution is 2.31. The van der Waals surface area contributed by atoms with E-state index in [1.807, 2.05) is 30.0 Å². The minimum Gasteiger partial charge on any atom is -0.354 e. The van der Waals surface area contributed by atoms with E-state index in [2.05, 4.69) is 20.3 Å². The molecule has 1 aliphatic heterocycles. The van der Waals surface area contributed by atoms with E-state index in [4.69, 9.17) is 23.2 Å². The monoisotopic (exact) mass is 492 g/mol. The molecule has 168 valence electrons. The molecule has 3 aromatic rings. The van der Waals surface area contributed by atoms with E-state index in [0.717, 1.165) is 5.56 Å². The molecule has 1 saturated heterocycles. The van der Waals surface area contributed by atoms with Crippen molar-refractivity contribution in [2.45, 2.75) is 18.7 Å². The lowest BCUT2D eigenvalue weighted by Gasteiger charge is -2.34. The molecule has 32 heavy (non-hydrogen) atoms. The first kappa shape index (κ1) is 22.7. The average Bonchev–Trinajstić information content (AvgIpc) is 2.76. The summed E-state index contributed by atoms with van der Waals surface area (Å²) in [6.07, 6.45) is 3.21. The Hall–Kier alpha value is -2.46. The van der Waals surface area contributed by atoms with Gasteiger partial charge in [-0.05, 0) is 49.2 Å². The third-order valence-electron chi connectivity index (χ3n) is 5.22. The number of pyridine rings is 1. The fourth-order valence-corrected chi connectivity index (χ4v) is 5.68. The zero-order valence-electron chi connectivity index (χ0n) is 17.6. The molecule has 1 aromatic carbocycles. The lowest BCUT2D eigenvalue weighted by atomic mass is 10.2. The van der Waals surface area contributed by atoms with Crippen LogP contribution >= 0.6 is 23.2 Å². The maximum absolute atomic E-state index is 13.1. The molecule has 0 radical (unpaired) electrons. The van der Waals surface area contributed by atoms with Gasteiger partial charge in [0, 0.05) is 43.5 Å². The van der Waals surface area contributed by atoms with E-state index < -0.39 is 10.0 Å². The second-order valence-electron chi connectivity index (χ2n) is 7.53. The molecule has 0 amide bonds. The minimum atomic E-state index is -3.73. The molecule has 8 nitrogen and oxygen atoms in total. The average molecular weight is 493 g/mol. The van der Waals surface area contributed by atoms with E-state index in [1.165, 1.54) is 22.8 Å². The van der Waals surface area contributed by atoms with E-state index in [0.29, 0.717) is 54.2 Å². The molecular formula is C21H22Cl2N6O2S. The Morgan fingerprint density at radius 3 is 2.34 bits per heavy atom. The van der Waals surface area contributed by atoms with Gasteiger partial charge in [0.15, 0.2) is 0 Å². The number of halogens is 2. The molecule has 11 heteroatoms. The second-order valence-corrected chi connectivity index (χ2v) is 10.2. The van der Waals surface area contributed by atoms with Gasteiger partial charge < -0.3 is 10.2 Å². The Bertz CT molecular complexity index is 1250. The third kappa shape index (κ3) is 4.80. The molecule has 0 atom stereocenters. The zero-order valence-corrected chi connectivity index (χ0v) is 19.9. The Kier molecular flexibility index (Phi) is 6.52. The standard InChI is InChI=1S/C21H22Cl2N6O2S/c1-14-3-4-24-19(9-14)27-20-12-21(26-13-25-20)28-5-7-29(8-6-28)32(30,31)18-10-15(2)16(22)11-17(18)23/h3-4,9-13H,5-8H2,1-2H3,(H,24,25,26,27). The maximum atomic E-state index is 13.1. The van der Waals surface area contributed by atoms with Crippen molar-refractivity contribution in [2.75, 3.05) is 36.4 Å². The highest BCUT2D eigenvalue weighted by atomic mass is 35.5. The van der Waals surface area contributed by atoms with Crippen LogP contribution in [0.3, 0.4) is 0 Å². The molecular weight excluding hydrogens is 471 g/mol. The van der Waals surface area contributed by atoms with Gasteiger partial charge in [-0.25, -0.2) is 23.4 Å². The van der Waals surface area contributed by atoms with Gasteiger partial charge in [0.25, 0.3) is 0 Å². The molecule has 0 spiro atoms. The summed E-state index contributed by atoms with van der Waals surface area (Å²) in [5.74, 6) is 2.03. The molecule has 0 bridgehead atoms. The lowest BCUT2D eigenvalue weighted by molar-refractivity contribution is 0.384. The predicted octanol–water partition coefficient (Wildman–Crippen LogP) is 4.05.